The van der Waals surface area contributed by atoms with Crippen LogP contribution < -0.4 is 38.9 Å². The van der Waals surface area contributed by atoms with Crippen molar-refractivity contribution in [3.05, 3.63) is 162 Å². The van der Waals surface area contributed by atoms with Gasteiger partial charge in [0.05, 0.1) is 13.7 Å². The van der Waals surface area contributed by atoms with Gasteiger partial charge in [-0.1, -0.05) is 85.6 Å². The molecule has 11 rings (SSSR count). The van der Waals surface area contributed by atoms with E-state index >= 15 is 0 Å². The van der Waals surface area contributed by atoms with Crippen LogP contribution in [0.5, 0.6) is 28.7 Å². The Bertz CT molecular complexity index is 3860. The van der Waals surface area contributed by atoms with E-state index < -0.39 is 7.82 Å². The van der Waals surface area contributed by atoms with E-state index in [9.17, 15) is 19.0 Å². The highest BCUT2D eigenvalue weighted by atomic mass is 31.2. The number of anilines is 1. The molecular weight excluding hydrogens is 966 g/mol. The van der Waals surface area contributed by atoms with E-state index in [2.05, 4.69) is 24.1 Å². The number of amides is 1. The van der Waals surface area contributed by atoms with Gasteiger partial charge >= 0.3 is 7.82 Å². The second kappa shape index (κ2) is 20.9. The monoisotopic (exact) mass is 1020 g/mol. The lowest BCUT2D eigenvalue weighted by Crippen LogP contribution is -2.29. The first kappa shape index (κ1) is 48.9. The number of unbranched alkanes of at least 4 members (excludes halogenated alkanes) is 3. The van der Waals surface area contributed by atoms with Crippen LogP contribution in [-0.4, -0.2) is 55.7 Å². The third-order valence-corrected chi connectivity index (χ3v) is 14.6. The minimum atomic E-state index is -4.73. The summed E-state index contributed by atoms with van der Waals surface area (Å²) in [5.74, 6) is 2.47. The van der Waals surface area contributed by atoms with Crippen molar-refractivity contribution in [2.45, 2.75) is 39.5 Å². The van der Waals surface area contributed by atoms with Crippen LogP contribution in [0.25, 0.3) is 88.3 Å². The molecule has 1 aliphatic carbocycles. The molecule has 2 aliphatic heterocycles. The lowest BCUT2D eigenvalue weighted by atomic mass is 9.86. The Morgan fingerprint density at radius 3 is 1.91 bits per heavy atom. The molecule has 8 aromatic rings. The maximum absolute atomic E-state index is 14.1. The zero-order valence-corrected chi connectivity index (χ0v) is 42.7. The van der Waals surface area contributed by atoms with Crippen LogP contribution in [0.2, 0.25) is 0 Å². The molecule has 8 aromatic carbocycles. The van der Waals surface area contributed by atoms with Crippen LogP contribution in [0.3, 0.4) is 0 Å². The molecule has 3 aliphatic rings. The molecular formula is C61H54N3O10P. The highest BCUT2D eigenvalue weighted by Crippen LogP contribution is 2.61. The summed E-state index contributed by atoms with van der Waals surface area (Å²) in [6.45, 7) is 6.75. The number of hydrogen-bond donors (Lipinski definition) is 2. The molecule has 1 amide bonds. The van der Waals surface area contributed by atoms with Crippen molar-refractivity contribution in [2.24, 2.45) is 0 Å². The predicted molar refractivity (Wildman–Crippen MR) is 296 cm³/mol. The zero-order chi connectivity index (χ0) is 51.6. The van der Waals surface area contributed by atoms with Crippen LogP contribution in [-0.2, 0) is 9.36 Å². The summed E-state index contributed by atoms with van der Waals surface area (Å²) in [7, 11) is -3.12. The van der Waals surface area contributed by atoms with Crippen molar-refractivity contribution in [1.29, 1.82) is 0 Å². The highest BCUT2D eigenvalue weighted by Gasteiger charge is 2.37. The number of ether oxygens (including phenoxy) is 3. The van der Waals surface area contributed by atoms with Crippen LogP contribution in [0, 0.1) is 0 Å². The topological polar surface area (TPSA) is 159 Å². The molecule has 0 radical (unpaired) electrons. The summed E-state index contributed by atoms with van der Waals surface area (Å²) in [6.07, 6.45) is 3.42. The van der Waals surface area contributed by atoms with E-state index in [1.165, 1.54) is 6.07 Å². The molecule has 1 unspecified atom stereocenters. The minimum Gasteiger partial charge on any atom is -0.497 e. The molecule has 2 heterocycles. The summed E-state index contributed by atoms with van der Waals surface area (Å²) in [6, 6.07) is 47.5. The van der Waals surface area contributed by atoms with Crippen molar-refractivity contribution < 1.29 is 41.9 Å². The average Bonchev–Trinajstić information content (AvgIpc) is 3.57. The molecule has 2 N–H and O–H groups in total. The molecule has 0 saturated carbocycles. The normalized spacial score (nSPS) is 14.0. The first-order chi connectivity index (χ1) is 36.6. The van der Waals surface area contributed by atoms with E-state index in [-0.39, 0.29) is 29.4 Å². The predicted octanol–water partition coefficient (Wildman–Crippen LogP) is 13.6. The molecule has 13 nitrogen and oxygen atoms in total. The van der Waals surface area contributed by atoms with Gasteiger partial charge in [0, 0.05) is 70.5 Å². The number of phosphoric acid groups is 1. The largest absolute Gasteiger partial charge is 0.584 e. The van der Waals surface area contributed by atoms with E-state index in [4.69, 9.17) is 32.7 Å². The van der Waals surface area contributed by atoms with Crippen LogP contribution in [0.1, 0.15) is 39.5 Å². The molecule has 1 atom stereocenters. The van der Waals surface area contributed by atoms with Gasteiger partial charge in [0.15, 0.2) is 23.4 Å². The quantitative estimate of drug-likeness (QED) is 0.0385. The lowest BCUT2D eigenvalue weighted by molar-refractivity contribution is -0.123. The van der Waals surface area contributed by atoms with Gasteiger partial charge in [-0.05, 0) is 126 Å². The molecule has 0 saturated heterocycles. The second-order valence-corrected chi connectivity index (χ2v) is 19.8. The number of fused-ring (bicyclic) bond motifs is 11. The lowest BCUT2D eigenvalue weighted by Gasteiger charge is -2.21. The minimum absolute atomic E-state index is 0.174. The fourth-order valence-electron chi connectivity index (χ4n) is 10.0. The second-order valence-electron chi connectivity index (χ2n) is 18.5. The Labute approximate surface area is 433 Å². The molecule has 0 spiro atoms. The first-order valence-electron chi connectivity index (χ1n) is 25.3. The number of hydrogen-bond acceptors (Lipinski definition) is 11. The zero-order valence-electron chi connectivity index (χ0n) is 41.8. The maximum Gasteiger partial charge on any atom is 0.584 e. The van der Waals surface area contributed by atoms with E-state index in [0.29, 0.717) is 86.0 Å². The number of carbonyl (C=O) groups excluding carboxylic acids is 1. The number of nitrogens with one attached hydrogen (secondary N) is 1. The summed E-state index contributed by atoms with van der Waals surface area (Å²) >= 11 is 0. The third-order valence-electron chi connectivity index (χ3n) is 13.8. The molecule has 14 heteroatoms. The highest BCUT2D eigenvalue weighted by molar-refractivity contribution is 7.48. The van der Waals surface area contributed by atoms with Crippen molar-refractivity contribution in [1.82, 2.24) is 10.3 Å². The third kappa shape index (κ3) is 9.92. The van der Waals surface area contributed by atoms with Gasteiger partial charge in [0.2, 0.25) is 0 Å². The van der Waals surface area contributed by atoms with Gasteiger partial charge in [-0.15, -0.1) is 0 Å². The molecule has 0 aromatic heterocycles. The Morgan fingerprint density at radius 1 is 0.653 bits per heavy atom. The van der Waals surface area contributed by atoms with Crippen molar-refractivity contribution in [3.8, 4) is 73.6 Å². The summed E-state index contributed by atoms with van der Waals surface area (Å²) in [5.41, 5.74) is 6.82. The first-order valence-corrected chi connectivity index (χ1v) is 26.7. The standard InChI is InChI=1S/C61H54N3O10P/c1-4-64(5-2)42-22-29-52-54(34-42)72-55-36-53(65)48-28-27-45(35-51(48)59(55)63-52)71-37-56(66)62-30-12-6-7-13-31-70-44-25-20-39(21-26-44)50-33-41-15-9-11-17-47(41)58-57-46-16-10-8-14-40(46)32-49(38-18-23-43(69-3)24-19-38)60(57)73-75(67,68)74-61(50)58/h8-11,14-29,32-36H,4-7,12-13,30-31,37H2,1-3H3,(H,62,66)(H,67,68). The number of methoxy groups -OCH3 is 1. The number of aromatic nitrogens is 1. The fraction of sp³-hybridized carbons (Fsp3) is 0.197. The van der Waals surface area contributed by atoms with Crippen molar-refractivity contribution in [3.63, 3.8) is 0 Å². The molecule has 378 valence electrons. The van der Waals surface area contributed by atoms with Crippen molar-refractivity contribution in [2.75, 3.05) is 44.9 Å². The van der Waals surface area contributed by atoms with E-state index in [1.54, 1.807) is 25.3 Å². The SMILES string of the molecule is CCN(CC)c1ccc2nc3c4cc(OCC(=O)NCCCCCCOc5ccc(-c6cc7ccccc7c7c6OP(=O)(O)Oc6c(-c8ccc(OC)cc8)cc8ccccc8c6-7)cc5)ccc4c(=O)cc-3oc2c1. The summed E-state index contributed by atoms with van der Waals surface area (Å²) in [5, 5.41) is 7.58. The van der Waals surface area contributed by atoms with Gasteiger partial charge in [0.1, 0.15) is 40.0 Å². The van der Waals surface area contributed by atoms with Crippen LogP contribution >= 0.6 is 7.82 Å². The van der Waals surface area contributed by atoms with Crippen LogP contribution in [0.4, 0.5) is 5.69 Å². The number of carbonyl (C=O) groups is 1. The number of benzene rings is 9. The van der Waals surface area contributed by atoms with E-state index in [1.807, 2.05) is 127 Å². The number of rotatable bonds is 17. The fourth-order valence-corrected chi connectivity index (χ4v) is 10.9. The van der Waals surface area contributed by atoms with Gasteiger partial charge in [-0.25, -0.2) is 9.55 Å². The van der Waals surface area contributed by atoms with E-state index in [0.717, 1.165) is 77.1 Å². The smallest absolute Gasteiger partial charge is 0.497 e. The van der Waals surface area contributed by atoms with Gasteiger partial charge in [-0.3, -0.25) is 14.5 Å². The Kier molecular flexibility index (Phi) is 13.6. The molecule has 75 heavy (non-hydrogen) atoms. The van der Waals surface area contributed by atoms with Gasteiger partial charge < -0.3 is 37.9 Å². The summed E-state index contributed by atoms with van der Waals surface area (Å²) < 4.78 is 50.0. The average molecular weight is 1020 g/mol. The molecule has 0 fully saturated rings. The maximum atomic E-state index is 14.1. The summed E-state index contributed by atoms with van der Waals surface area (Å²) in [4.78, 5) is 44.4. The van der Waals surface area contributed by atoms with Gasteiger partial charge in [0.25, 0.3) is 5.91 Å². The van der Waals surface area contributed by atoms with Gasteiger partial charge in [-0.2, -0.15) is 0 Å². The Morgan fingerprint density at radius 2 is 1.27 bits per heavy atom. The Hall–Kier alpha value is -8.38. The molecule has 0 bridgehead atoms. The van der Waals surface area contributed by atoms with Crippen LogP contribution in [0.15, 0.2) is 161 Å². The number of nitrogens with zero attached hydrogens (tertiary/aromatic N) is 2. The number of phosphoric ester groups is 1. The Balaban J connectivity index is 0.713. The van der Waals surface area contributed by atoms with Crippen molar-refractivity contribution >= 4 is 62.8 Å².